The van der Waals surface area contributed by atoms with Gasteiger partial charge in [-0.2, -0.15) is 0 Å². The first kappa shape index (κ1) is 23.4. The van der Waals surface area contributed by atoms with Crippen LogP contribution in [0.5, 0.6) is 5.75 Å². The van der Waals surface area contributed by atoms with Gasteiger partial charge in [-0.25, -0.2) is 9.59 Å². The molecule has 0 amide bonds. The molecule has 2 aliphatic rings. The minimum absolute atomic E-state index is 0.558. The van der Waals surface area contributed by atoms with Crippen molar-refractivity contribution in [2.45, 2.75) is 9.79 Å². The third-order valence-electron chi connectivity index (χ3n) is 5.11. The fourth-order valence-electron chi connectivity index (χ4n) is 3.46. The first-order valence-corrected chi connectivity index (χ1v) is 10.9. The molecule has 0 aromatic heterocycles. The molecule has 0 unspecified atom stereocenters. The summed E-state index contributed by atoms with van der Waals surface area (Å²) in [4.78, 5) is 26.5. The lowest BCUT2D eigenvalue weighted by molar-refractivity contribution is -0.134. The maximum Gasteiger partial charge on any atom is 0.328 e. The summed E-state index contributed by atoms with van der Waals surface area (Å²) in [5.41, 5.74) is 3.88. The molecule has 0 bridgehead atoms. The van der Waals surface area contributed by atoms with Crippen molar-refractivity contribution in [3.8, 4) is 5.75 Å². The van der Waals surface area contributed by atoms with Crippen molar-refractivity contribution in [3.05, 3.63) is 65.7 Å². The van der Waals surface area contributed by atoms with E-state index in [0.29, 0.717) is 12.2 Å². The molecule has 1 fully saturated rings. The SMILES string of the molecule is COc1cccc2c1Sc1ccccc1C=C2N1CCN(C)CC1.O=C(O)/C=C/C(=O)O. The van der Waals surface area contributed by atoms with Crippen LogP contribution >= 0.6 is 11.8 Å². The number of carbonyl (C=O) groups is 2. The van der Waals surface area contributed by atoms with E-state index in [4.69, 9.17) is 14.9 Å². The Morgan fingerprint density at radius 2 is 1.62 bits per heavy atom. The number of likely N-dealkylation sites (N-methyl/N-ethyl adjacent to an activating group) is 1. The summed E-state index contributed by atoms with van der Waals surface area (Å²) in [5, 5.41) is 15.6. The second-order valence-corrected chi connectivity index (χ2v) is 8.36. The lowest BCUT2D eigenvalue weighted by atomic mass is 10.1. The van der Waals surface area contributed by atoms with Crippen molar-refractivity contribution in [2.24, 2.45) is 0 Å². The minimum atomic E-state index is -1.26. The molecule has 4 rings (SSSR count). The molecule has 0 atom stereocenters. The first-order valence-electron chi connectivity index (χ1n) is 10.1. The highest BCUT2D eigenvalue weighted by molar-refractivity contribution is 7.99. The summed E-state index contributed by atoms with van der Waals surface area (Å²) in [6, 6.07) is 15.0. The van der Waals surface area contributed by atoms with Crippen LogP contribution in [0.2, 0.25) is 0 Å². The van der Waals surface area contributed by atoms with Crippen molar-refractivity contribution in [3.63, 3.8) is 0 Å². The van der Waals surface area contributed by atoms with Gasteiger partial charge in [0.2, 0.25) is 0 Å². The van der Waals surface area contributed by atoms with Crippen LogP contribution in [0.25, 0.3) is 11.8 Å². The second kappa shape index (κ2) is 10.9. The Hall–Kier alpha value is -3.23. The van der Waals surface area contributed by atoms with Crippen LogP contribution in [0.15, 0.2) is 64.4 Å². The monoisotopic (exact) mass is 454 g/mol. The molecule has 0 saturated carbocycles. The van der Waals surface area contributed by atoms with E-state index in [9.17, 15) is 9.59 Å². The summed E-state index contributed by atoms with van der Waals surface area (Å²) in [5.74, 6) is -1.56. The van der Waals surface area contributed by atoms with Gasteiger partial charge in [0.15, 0.2) is 0 Å². The molecule has 8 heteroatoms. The van der Waals surface area contributed by atoms with Gasteiger partial charge in [0.25, 0.3) is 0 Å². The zero-order chi connectivity index (χ0) is 23.1. The Kier molecular flexibility index (Phi) is 7.97. The van der Waals surface area contributed by atoms with Crippen LogP contribution in [0.1, 0.15) is 11.1 Å². The summed E-state index contributed by atoms with van der Waals surface area (Å²) in [6.45, 7) is 4.33. The fraction of sp³-hybridized carbons (Fsp3) is 0.250. The smallest absolute Gasteiger partial charge is 0.328 e. The van der Waals surface area contributed by atoms with Gasteiger partial charge in [-0.1, -0.05) is 42.1 Å². The molecule has 0 spiro atoms. The Morgan fingerprint density at radius 1 is 0.969 bits per heavy atom. The van der Waals surface area contributed by atoms with E-state index in [2.05, 4.69) is 65.4 Å². The number of ether oxygens (including phenoxy) is 1. The van der Waals surface area contributed by atoms with E-state index >= 15 is 0 Å². The van der Waals surface area contributed by atoms with Crippen molar-refractivity contribution in [1.82, 2.24) is 9.80 Å². The van der Waals surface area contributed by atoms with Gasteiger partial charge in [-0.3, -0.25) is 0 Å². The predicted molar refractivity (Wildman–Crippen MR) is 125 cm³/mol. The van der Waals surface area contributed by atoms with Gasteiger partial charge in [0.1, 0.15) is 5.75 Å². The van der Waals surface area contributed by atoms with Gasteiger partial charge in [0, 0.05) is 54.5 Å². The number of methoxy groups -OCH3 is 1. The molecule has 7 nitrogen and oxygen atoms in total. The number of hydrogen-bond acceptors (Lipinski definition) is 6. The molecule has 32 heavy (non-hydrogen) atoms. The fourth-order valence-corrected chi connectivity index (χ4v) is 4.61. The first-order chi connectivity index (χ1) is 15.4. The lowest BCUT2D eigenvalue weighted by Gasteiger charge is -2.36. The Morgan fingerprint density at radius 3 is 2.25 bits per heavy atom. The molecular formula is C24H26N2O5S. The summed E-state index contributed by atoms with van der Waals surface area (Å²) >= 11 is 1.81. The van der Waals surface area contributed by atoms with Crippen LogP contribution in [0.3, 0.4) is 0 Å². The van der Waals surface area contributed by atoms with E-state index in [1.807, 2.05) is 11.8 Å². The Bertz CT molecular complexity index is 1030. The standard InChI is InChI=1S/C20H22N2OS.C4H4O4/c1-21-10-12-22(13-11-21)17-14-15-6-3-4-9-19(15)24-20-16(17)7-5-8-18(20)23-2;5-3(6)1-2-4(7)8/h3-9,14H,10-13H2,1-2H3;1-2H,(H,5,6)(H,7,8)/b;2-1+. The summed E-state index contributed by atoms with van der Waals surface area (Å²) in [7, 11) is 3.95. The lowest BCUT2D eigenvalue weighted by Crippen LogP contribution is -2.43. The normalized spacial score (nSPS) is 15.6. The molecule has 2 aromatic rings. The molecule has 2 heterocycles. The van der Waals surface area contributed by atoms with Crippen molar-refractivity contribution in [2.75, 3.05) is 40.3 Å². The van der Waals surface area contributed by atoms with E-state index in [-0.39, 0.29) is 0 Å². The van der Waals surface area contributed by atoms with E-state index in [0.717, 1.165) is 31.9 Å². The van der Waals surface area contributed by atoms with Crippen LogP contribution in [-0.2, 0) is 9.59 Å². The van der Waals surface area contributed by atoms with Crippen molar-refractivity contribution in [1.29, 1.82) is 0 Å². The zero-order valence-corrected chi connectivity index (χ0v) is 18.8. The molecule has 0 aliphatic carbocycles. The molecule has 2 N–H and O–H groups in total. The molecular weight excluding hydrogens is 428 g/mol. The molecule has 168 valence electrons. The number of benzene rings is 2. The molecule has 2 aromatic carbocycles. The van der Waals surface area contributed by atoms with Gasteiger partial charge >= 0.3 is 11.9 Å². The van der Waals surface area contributed by atoms with Crippen LogP contribution in [-0.4, -0.2) is 72.3 Å². The van der Waals surface area contributed by atoms with Crippen molar-refractivity contribution < 1.29 is 24.5 Å². The number of rotatable bonds is 4. The maximum atomic E-state index is 9.55. The largest absolute Gasteiger partial charge is 0.496 e. The zero-order valence-electron chi connectivity index (χ0n) is 18.0. The number of hydrogen-bond donors (Lipinski definition) is 2. The second-order valence-electron chi connectivity index (χ2n) is 7.31. The molecule has 1 saturated heterocycles. The van der Waals surface area contributed by atoms with E-state index in [1.165, 1.54) is 26.6 Å². The topological polar surface area (TPSA) is 90.3 Å². The van der Waals surface area contributed by atoms with E-state index < -0.39 is 11.9 Å². The number of piperazine rings is 1. The van der Waals surface area contributed by atoms with Crippen LogP contribution in [0, 0.1) is 0 Å². The number of carboxylic acid groups (broad SMARTS) is 2. The Labute approximate surface area is 191 Å². The highest BCUT2D eigenvalue weighted by Crippen LogP contribution is 2.45. The predicted octanol–water partition coefficient (Wildman–Crippen LogP) is 3.62. The quantitative estimate of drug-likeness (QED) is 0.677. The average molecular weight is 455 g/mol. The Balaban J connectivity index is 0.000000312. The highest BCUT2D eigenvalue weighted by Gasteiger charge is 2.24. The van der Waals surface area contributed by atoms with Gasteiger partial charge in [-0.05, 0) is 30.8 Å². The average Bonchev–Trinajstić information content (AvgIpc) is 2.95. The third kappa shape index (κ3) is 5.93. The summed E-state index contributed by atoms with van der Waals surface area (Å²) < 4.78 is 5.66. The number of fused-ring (bicyclic) bond motifs is 2. The van der Waals surface area contributed by atoms with Crippen molar-refractivity contribution >= 4 is 35.5 Å². The van der Waals surface area contributed by atoms with Gasteiger partial charge in [-0.15, -0.1) is 0 Å². The summed E-state index contributed by atoms with van der Waals surface area (Å²) in [6.07, 6.45) is 3.46. The number of nitrogens with zero attached hydrogens (tertiary/aromatic N) is 2. The molecule has 0 radical (unpaired) electrons. The highest BCUT2D eigenvalue weighted by atomic mass is 32.2. The van der Waals surface area contributed by atoms with Crippen LogP contribution < -0.4 is 4.74 Å². The number of carboxylic acids is 2. The number of aliphatic carboxylic acids is 2. The third-order valence-corrected chi connectivity index (χ3v) is 6.33. The maximum absolute atomic E-state index is 9.55. The van der Waals surface area contributed by atoms with Gasteiger partial charge in [0.05, 0.1) is 12.0 Å². The van der Waals surface area contributed by atoms with Gasteiger partial charge < -0.3 is 24.7 Å². The van der Waals surface area contributed by atoms with E-state index in [1.54, 1.807) is 7.11 Å². The minimum Gasteiger partial charge on any atom is -0.496 e. The molecule has 2 aliphatic heterocycles. The van der Waals surface area contributed by atoms with Crippen LogP contribution in [0.4, 0.5) is 0 Å².